The third-order valence-corrected chi connectivity index (χ3v) is 4.56. The van der Waals surface area contributed by atoms with E-state index in [2.05, 4.69) is 86.7 Å². The summed E-state index contributed by atoms with van der Waals surface area (Å²) in [5.41, 5.74) is 5.34. The van der Waals surface area contributed by atoms with Gasteiger partial charge in [0.25, 0.3) is 0 Å². The predicted molar refractivity (Wildman–Crippen MR) is 96.0 cm³/mol. The molecular formula is C22H24. The molecule has 0 radical (unpaired) electrons. The number of aryl methyl sites for hydroxylation is 1. The van der Waals surface area contributed by atoms with Gasteiger partial charge in [0.1, 0.15) is 0 Å². The van der Waals surface area contributed by atoms with Crippen molar-refractivity contribution in [3.63, 3.8) is 0 Å². The fourth-order valence-corrected chi connectivity index (χ4v) is 3.20. The van der Waals surface area contributed by atoms with Crippen LogP contribution in [0.15, 0.2) is 72.8 Å². The van der Waals surface area contributed by atoms with Crippen LogP contribution in [0.2, 0.25) is 0 Å². The van der Waals surface area contributed by atoms with Gasteiger partial charge in [-0.1, -0.05) is 78.4 Å². The van der Waals surface area contributed by atoms with Gasteiger partial charge in [0.15, 0.2) is 0 Å². The monoisotopic (exact) mass is 288 g/mol. The molecule has 2 aromatic carbocycles. The molecule has 1 aliphatic rings. The minimum Gasteiger partial charge on any atom is -0.0911 e. The van der Waals surface area contributed by atoms with Gasteiger partial charge in [-0.25, -0.2) is 0 Å². The summed E-state index contributed by atoms with van der Waals surface area (Å²) in [5.74, 6) is 1.21. The molecule has 0 amide bonds. The lowest BCUT2D eigenvalue weighted by Gasteiger charge is -2.21. The van der Waals surface area contributed by atoms with Crippen molar-refractivity contribution in [1.29, 1.82) is 0 Å². The molecule has 1 aliphatic carbocycles. The predicted octanol–water partition coefficient (Wildman–Crippen LogP) is 6.29. The van der Waals surface area contributed by atoms with Crippen molar-refractivity contribution in [2.75, 3.05) is 0 Å². The highest BCUT2D eigenvalue weighted by Crippen LogP contribution is 2.32. The van der Waals surface area contributed by atoms with Crippen molar-refractivity contribution >= 4 is 0 Å². The highest BCUT2D eigenvalue weighted by molar-refractivity contribution is 5.64. The largest absolute Gasteiger partial charge is 0.0911 e. The number of allylic oxidation sites excluding steroid dienone is 4. The lowest BCUT2D eigenvalue weighted by atomic mass is 9.84. The Morgan fingerprint density at radius 3 is 2.00 bits per heavy atom. The van der Waals surface area contributed by atoms with E-state index in [1.807, 2.05) is 0 Å². The first-order chi connectivity index (χ1) is 10.8. The highest BCUT2D eigenvalue weighted by atomic mass is 14.2. The van der Waals surface area contributed by atoms with Crippen LogP contribution in [0.5, 0.6) is 0 Å². The van der Waals surface area contributed by atoms with E-state index in [-0.39, 0.29) is 0 Å². The maximum Gasteiger partial charge on any atom is 0.00185 e. The van der Waals surface area contributed by atoms with Crippen LogP contribution in [-0.2, 0) is 0 Å². The lowest BCUT2D eigenvalue weighted by Crippen LogP contribution is -2.05. The van der Waals surface area contributed by atoms with Crippen LogP contribution >= 0.6 is 0 Å². The Bertz CT molecular complexity index is 656. The summed E-state index contributed by atoms with van der Waals surface area (Å²) >= 11 is 0. The van der Waals surface area contributed by atoms with Crippen molar-refractivity contribution in [3.05, 3.63) is 84.0 Å². The second-order valence-electron chi connectivity index (χ2n) is 6.25. The SMILES string of the molecule is C/C=C/C1C=CC(c2ccc(-c3ccc(C)cc3)cc2)CC1. The van der Waals surface area contributed by atoms with E-state index in [0.717, 1.165) is 0 Å². The van der Waals surface area contributed by atoms with Crippen molar-refractivity contribution in [3.8, 4) is 11.1 Å². The Balaban J connectivity index is 1.75. The van der Waals surface area contributed by atoms with Gasteiger partial charge < -0.3 is 0 Å². The zero-order valence-electron chi connectivity index (χ0n) is 13.5. The van der Waals surface area contributed by atoms with Gasteiger partial charge >= 0.3 is 0 Å². The minimum atomic E-state index is 0.577. The van der Waals surface area contributed by atoms with Crippen molar-refractivity contribution in [2.45, 2.75) is 32.6 Å². The van der Waals surface area contributed by atoms with Gasteiger partial charge in [-0.15, -0.1) is 0 Å². The molecule has 3 rings (SSSR count). The fraction of sp³-hybridized carbons (Fsp3) is 0.273. The molecule has 2 atom stereocenters. The molecular weight excluding hydrogens is 264 g/mol. The second kappa shape index (κ2) is 6.79. The molecule has 0 heteroatoms. The Kier molecular flexibility index (Phi) is 4.58. The summed E-state index contributed by atoms with van der Waals surface area (Å²) in [4.78, 5) is 0. The first kappa shape index (κ1) is 14.8. The third kappa shape index (κ3) is 3.39. The molecule has 0 nitrogen and oxygen atoms in total. The van der Waals surface area contributed by atoms with Gasteiger partial charge in [-0.05, 0) is 49.3 Å². The normalized spacial score (nSPS) is 21.4. The van der Waals surface area contributed by atoms with Crippen LogP contribution < -0.4 is 0 Å². The van der Waals surface area contributed by atoms with Crippen LogP contribution in [0, 0.1) is 12.8 Å². The van der Waals surface area contributed by atoms with E-state index in [4.69, 9.17) is 0 Å². The summed E-state index contributed by atoms with van der Waals surface area (Å²) in [7, 11) is 0. The molecule has 2 unspecified atom stereocenters. The van der Waals surface area contributed by atoms with Gasteiger partial charge in [-0.3, -0.25) is 0 Å². The number of benzene rings is 2. The Morgan fingerprint density at radius 1 is 0.818 bits per heavy atom. The number of hydrogen-bond donors (Lipinski definition) is 0. The maximum atomic E-state index is 2.38. The van der Waals surface area contributed by atoms with Crippen LogP contribution in [0.4, 0.5) is 0 Å². The molecule has 0 saturated heterocycles. The summed E-state index contributed by atoms with van der Waals surface area (Å²) in [5, 5.41) is 0. The molecule has 22 heavy (non-hydrogen) atoms. The molecule has 0 N–H and O–H groups in total. The van der Waals surface area contributed by atoms with Crippen LogP contribution in [0.25, 0.3) is 11.1 Å². The molecule has 112 valence electrons. The highest BCUT2D eigenvalue weighted by Gasteiger charge is 2.15. The summed E-state index contributed by atoms with van der Waals surface area (Å²) in [6.45, 7) is 4.23. The van der Waals surface area contributed by atoms with E-state index in [9.17, 15) is 0 Å². The van der Waals surface area contributed by atoms with E-state index in [1.165, 1.54) is 35.1 Å². The lowest BCUT2D eigenvalue weighted by molar-refractivity contribution is 0.581. The zero-order valence-corrected chi connectivity index (χ0v) is 13.5. The Hall–Kier alpha value is -2.08. The average Bonchev–Trinajstić information content (AvgIpc) is 2.57. The van der Waals surface area contributed by atoms with Crippen molar-refractivity contribution in [1.82, 2.24) is 0 Å². The van der Waals surface area contributed by atoms with Crippen LogP contribution in [-0.4, -0.2) is 0 Å². The molecule has 0 heterocycles. The zero-order chi connectivity index (χ0) is 15.4. The molecule has 2 aromatic rings. The van der Waals surface area contributed by atoms with E-state index in [0.29, 0.717) is 11.8 Å². The van der Waals surface area contributed by atoms with Gasteiger partial charge in [-0.2, -0.15) is 0 Å². The number of hydrogen-bond acceptors (Lipinski definition) is 0. The quantitative estimate of drug-likeness (QED) is 0.582. The average molecular weight is 288 g/mol. The molecule has 0 saturated carbocycles. The maximum absolute atomic E-state index is 2.38. The first-order valence-corrected chi connectivity index (χ1v) is 8.24. The summed E-state index contributed by atoms with van der Waals surface area (Å²) in [6, 6.07) is 17.8. The van der Waals surface area contributed by atoms with Gasteiger partial charge in [0, 0.05) is 5.92 Å². The standard InChI is InChI=1S/C22H24/c1-3-4-18-7-11-20(12-8-18)22-15-13-21(14-16-22)19-9-5-17(2)6-10-19/h3-7,9-11,13-16,18,20H,8,12H2,1-2H3/b4-3+. The minimum absolute atomic E-state index is 0.577. The Morgan fingerprint density at radius 2 is 1.45 bits per heavy atom. The third-order valence-electron chi connectivity index (χ3n) is 4.56. The van der Waals surface area contributed by atoms with E-state index < -0.39 is 0 Å². The molecule has 0 fully saturated rings. The van der Waals surface area contributed by atoms with Gasteiger partial charge in [0.2, 0.25) is 0 Å². The molecule has 0 aromatic heterocycles. The molecule has 0 spiro atoms. The topological polar surface area (TPSA) is 0 Å². The van der Waals surface area contributed by atoms with Crippen LogP contribution in [0.3, 0.4) is 0 Å². The molecule has 0 aliphatic heterocycles. The summed E-state index contributed by atoms with van der Waals surface area (Å²) < 4.78 is 0. The van der Waals surface area contributed by atoms with Crippen LogP contribution in [0.1, 0.15) is 36.8 Å². The smallest absolute Gasteiger partial charge is 0.00185 e. The first-order valence-electron chi connectivity index (χ1n) is 8.24. The molecule has 0 bridgehead atoms. The second-order valence-corrected chi connectivity index (χ2v) is 6.25. The van der Waals surface area contributed by atoms with Crippen molar-refractivity contribution in [2.24, 2.45) is 5.92 Å². The van der Waals surface area contributed by atoms with E-state index in [1.54, 1.807) is 0 Å². The van der Waals surface area contributed by atoms with Gasteiger partial charge in [0.05, 0.1) is 0 Å². The Labute approximate surface area is 134 Å². The fourth-order valence-electron chi connectivity index (χ4n) is 3.20. The van der Waals surface area contributed by atoms with E-state index >= 15 is 0 Å². The number of rotatable bonds is 3. The van der Waals surface area contributed by atoms with Crippen molar-refractivity contribution < 1.29 is 0 Å². The summed E-state index contributed by atoms with van der Waals surface area (Å²) in [6.07, 6.45) is 11.7.